The van der Waals surface area contributed by atoms with Gasteiger partial charge in [-0.05, 0) is 18.9 Å². The van der Waals surface area contributed by atoms with Crippen molar-refractivity contribution >= 4 is 50.9 Å². The van der Waals surface area contributed by atoms with Gasteiger partial charge in [-0.3, -0.25) is 25.0 Å². The normalized spacial score (nSPS) is 14.3. The lowest BCUT2D eigenvalue weighted by atomic mass is 9.97. The fraction of sp³-hybridized carbons (Fsp3) is 0.300. The minimum atomic E-state index is -0.554. The molecule has 0 bridgehead atoms. The van der Waals surface area contributed by atoms with Crippen LogP contribution in [0.3, 0.4) is 0 Å². The molecule has 13 heteroatoms. The van der Waals surface area contributed by atoms with Crippen molar-refractivity contribution in [2.45, 2.75) is 18.8 Å². The molecule has 0 unspecified atom stereocenters. The largest absolute Gasteiger partial charge is 0.489 e. The predicted octanol–water partition coefficient (Wildman–Crippen LogP) is 5.37. The summed E-state index contributed by atoms with van der Waals surface area (Å²) in [4.78, 5) is 40.5. The summed E-state index contributed by atoms with van der Waals surface area (Å²) in [5.41, 5.74) is 1.30. The van der Waals surface area contributed by atoms with E-state index in [2.05, 4.69) is 4.98 Å². The molecule has 172 valence electrons. The summed E-state index contributed by atoms with van der Waals surface area (Å²) < 4.78 is 5.12. The number of halogens is 1. The number of methoxy groups -OCH3 is 1. The van der Waals surface area contributed by atoms with E-state index in [4.69, 9.17) is 16.3 Å². The number of aromatic nitrogens is 1. The Kier molecular flexibility index (Phi) is 6.58. The Morgan fingerprint density at radius 1 is 1.18 bits per heavy atom. The summed E-state index contributed by atoms with van der Waals surface area (Å²) in [6.07, 6.45) is 1.38. The minimum absolute atomic E-state index is 0.00116. The summed E-state index contributed by atoms with van der Waals surface area (Å²) in [6, 6.07) is 4.60. The monoisotopic (exact) mass is 508 g/mol. The second-order valence-electron chi connectivity index (χ2n) is 7.31. The average molecular weight is 509 g/mol. The lowest BCUT2D eigenvalue weighted by Crippen LogP contribution is -2.37. The van der Waals surface area contributed by atoms with E-state index in [-0.39, 0.29) is 38.8 Å². The maximum Gasteiger partial charge on any atom is 0.366 e. The second kappa shape index (κ2) is 9.41. The number of benzene rings is 1. The van der Waals surface area contributed by atoms with Crippen molar-refractivity contribution in [3.05, 3.63) is 64.8 Å². The highest BCUT2D eigenvalue weighted by Crippen LogP contribution is 2.39. The Bertz CT molecular complexity index is 1240. The number of piperidine rings is 1. The van der Waals surface area contributed by atoms with Crippen molar-refractivity contribution in [1.82, 2.24) is 9.88 Å². The molecule has 33 heavy (non-hydrogen) atoms. The Labute approximate surface area is 200 Å². The average Bonchev–Trinajstić information content (AvgIpc) is 3.46. The molecule has 2 aromatic heterocycles. The van der Waals surface area contributed by atoms with Crippen LogP contribution in [0.4, 0.5) is 10.7 Å². The molecule has 1 saturated heterocycles. The van der Waals surface area contributed by atoms with Crippen LogP contribution in [-0.2, 0) is 0 Å². The van der Waals surface area contributed by atoms with Gasteiger partial charge in [0.15, 0.2) is 0 Å². The van der Waals surface area contributed by atoms with Crippen molar-refractivity contribution in [1.29, 1.82) is 0 Å². The maximum atomic E-state index is 12.9. The van der Waals surface area contributed by atoms with E-state index < -0.39 is 9.85 Å². The third-order valence-electron chi connectivity index (χ3n) is 5.42. The highest BCUT2D eigenvalue weighted by Gasteiger charge is 2.32. The van der Waals surface area contributed by atoms with Crippen molar-refractivity contribution in [3.8, 4) is 17.0 Å². The van der Waals surface area contributed by atoms with Gasteiger partial charge in [-0.1, -0.05) is 29.0 Å². The lowest BCUT2D eigenvalue weighted by Gasteiger charge is -2.31. The summed E-state index contributed by atoms with van der Waals surface area (Å²) in [5, 5.41) is 26.4. The SMILES string of the molecule is COc1c(C(=O)N2CCC(c3nc(-c4ccc(Cl)c([N+](=O)[O-])c4)cs3)CC2)csc1[N+](=O)[O-]. The molecule has 0 radical (unpaired) electrons. The first kappa shape index (κ1) is 23.1. The minimum Gasteiger partial charge on any atom is -0.489 e. The summed E-state index contributed by atoms with van der Waals surface area (Å²) >= 11 is 8.24. The zero-order valence-electron chi connectivity index (χ0n) is 17.2. The molecule has 3 aromatic rings. The molecule has 1 fully saturated rings. The van der Waals surface area contributed by atoms with Crippen LogP contribution >= 0.6 is 34.3 Å². The van der Waals surface area contributed by atoms with Gasteiger partial charge < -0.3 is 9.64 Å². The summed E-state index contributed by atoms with van der Waals surface area (Å²) in [5.74, 6) is -0.143. The molecular weight excluding hydrogens is 492 g/mol. The van der Waals surface area contributed by atoms with Crippen LogP contribution in [-0.4, -0.2) is 45.8 Å². The van der Waals surface area contributed by atoms with Gasteiger partial charge >= 0.3 is 5.00 Å². The fourth-order valence-corrected chi connectivity index (χ4v) is 5.74. The number of ether oxygens (including phenoxy) is 1. The summed E-state index contributed by atoms with van der Waals surface area (Å²) in [7, 11) is 1.31. The molecule has 1 aromatic carbocycles. The van der Waals surface area contributed by atoms with Crippen LogP contribution in [0.1, 0.15) is 34.1 Å². The standard InChI is InChI=1S/C20H17ClN4O6S2/c1-31-17-13(9-33-20(17)25(29)30)19(26)23-6-4-11(5-7-23)18-22-15(10-32-18)12-2-3-14(21)16(8-12)24(27)28/h2-3,8-11H,4-7H2,1H3. The van der Waals surface area contributed by atoms with Gasteiger partial charge in [-0.2, -0.15) is 0 Å². The zero-order valence-corrected chi connectivity index (χ0v) is 19.6. The van der Waals surface area contributed by atoms with Gasteiger partial charge in [0.25, 0.3) is 11.6 Å². The Hall–Kier alpha value is -3.09. The fourth-order valence-electron chi connectivity index (χ4n) is 3.73. The van der Waals surface area contributed by atoms with E-state index in [1.54, 1.807) is 11.0 Å². The number of carbonyl (C=O) groups is 1. The number of likely N-dealkylation sites (tertiary alicyclic amines) is 1. The number of carbonyl (C=O) groups excluding carboxylic acids is 1. The topological polar surface area (TPSA) is 129 Å². The quantitative estimate of drug-likeness (QED) is 0.323. The molecule has 1 aliphatic rings. The van der Waals surface area contributed by atoms with Crippen molar-refractivity contribution in [3.63, 3.8) is 0 Å². The first-order chi connectivity index (χ1) is 15.8. The molecule has 1 amide bonds. The molecular formula is C20H17ClN4O6S2. The van der Waals surface area contributed by atoms with Crippen LogP contribution in [0.25, 0.3) is 11.3 Å². The van der Waals surface area contributed by atoms with Crippen molar-refractivity contribution in [2.24, 2.45) is 0 Å². The van der Waals surface area contributed by atoms with Crippen LogP contribution in [0.5, 0.6) is 5.75 Å². The third kappa shape index (κ3) is 4.54. The van der Waals surface area contributed by atoms with Crippen LogP contribution in [0, 0.1) is 20.2 Å². The number of amides is 1. The smallest absolute Gasteiger partial charge is 0.366 e. The van der Waals surface area contributed by atoms with Gasteiger partial charge in [0.05, 0.1) is 33.2 Å². The van der Waals surface area contributed by atoms with Crippen LogP contribution in [0.15, 0.2) is 29.0 Å². The molecule has 0 aliphatic carbocycles. The lowest BCUT2D eigenvalue weighted by molar-refractivity contribution is -0.384. The van der Waals surface area contributed by atoms with Gasteiger partial charge in [0.2, 0.25) is 5.75 Å². The van der Waals surface area contributed by atoms with E-state index in [0.29, 0.717) is 37.2 Å². The van der Waals surface area contributed by atoms with E-state index >= 15 is 0 Å². The van der Waals surface area contributed by atoms with Gasteiger partial charge in [0.1, 0.15) is 5.02 Å². The zero-order chi connectivity index (χ0) is 23.7. The molecule has 10 nitrogen and oxygen atoms in total. The molecule has 1 aliphatic heterocycles. The van der Waals surface area contributed by atoms with Gasteiger partial charge in [0, 0.05) is 41.4 Å². The number of nitro groups is 2. The number of hydrogen-bond acceptors (Lipinski definition) is 9. The van der Waals surface area contributed by atoms with E-state index in [1.807, 2.05) is 5.38 Å². The number of thiophene rings is 1. The number of thiazole rings is 1. The van der Waals surface area contributed by atoms with Gasteiger partial charge in [-0.15, -0.1) is 11.3 Å². The predicted molar refractivity (Wildman–Crippen MR) is 125 cm³/mol. The van der Waals surface area contributed by atoms with E-state index in [1.165, 1.54) is 36.0 Å². The second-order valence-corrected chi connectivity index (χ2v) is 9.46. The highest BCUT2D eigenvalue weighted by atomic mass is 35.5. The number of nitrogens with zero attached hydrogens (tertiary/aromatic N) is 4. The first-order valence-electron chi connectivity index (χ1n) is 9.79. The number of hydrogen-bond donors (Lipinski definition) is 0. The molecule has 0 spiro atoms. The molecule has 0 saturated carbocycles. The first-order valence-corrected chi connectivity index (χ1v) is 11.9. The van der Waals surface area contributed by atoms with Crippen molar-refractivity contribution < 1.29 is 19.4 Å². The molecule has 3 heterocycles. The van der Waals surface area contributed by atoms with Crippen LogP contribution in [0.2, 0.25) is 5.02 Å². The molecule has 0 atom stereocenters. The van der Waals surface area contributed by atoms with E-state index in [9.17, 15) is 25.0 Å². The Morgan fingerprint density at radius 2 is 1.91 bits per heavy atom. The maximum absolute atomic E-state index is 12.9. The third-order valence-corrected chi connectivity index (χ3v) is 7.66. The summed E-state index contributed by atoms with van der Waals surface area (Å²) in [6.45, 7) is 0.968. The van der Waals surface area contributed by atoms with Crippen molar-refractivity contribution in [2.75, 3.05) is 20.2 Å². The van der Waals surface area contributed by atoms with Crippen LogP contribution < -0.4 is 4.74 Å². The Morgan fingerprint density at radius 3 is 2.55 bits per heavy atom. The number of nitro benzene ring substituents is 1. The van der Waals surface area contributed by atoms with Gasteiger partial charge in [-0.25, -0.2) is 4.98 Å². The Balaban J connectivity index is 1.45. The number of rotatable bonds is 6. The molecule has 4 rings (SSSR count). The van der Waals surface area contributed by atoms with E-state index in [0.717, 1.165) is 16.3 Å². The highest BCUT2D eigenvalue weighted by molar-refractivity contribution is 7.14. The molecule has 0 N–H and O–H groups in total.